The molecule has 0 spiro atoms. The summed E-state index contributed by atoms with van der Waals surface area (Å²) in [5.74, 6) is 0.720. The standard InChI is InChI=1S/C21H21ClN6O2/c1-13-10-16(27-15(3)11-14(2)23-27)8-9-20(13)30-12-17-18(22)6-5-7-19(17)28-21(29)26(4)24-25-28/h5-11H,12H2,1-4H3. The first-order valence-electron chi connectivity index (χ1n) is 9.39. The molecular formula is C21H21ClN6O2. The van der Waals surface area contributed by atoms with Crippen LogP contribution in [0.3, 0.4) is 0 Å². The third-order valence-corrected chi connectivity index (χ3v) is 5.18. The number of aromatic nitrogens is 6. The molecule has 4 rings (SSSR count). The van der Waals surface area contributed by atoms with Gasteiger partial charge in [0.05, 0.1) is 17.1 Å². The van der Waals surface area contributed by atoms with Crippen LogP contribution in [0.2, 0.25) is 5.02 Å². The van der Waals surface area contributed by atoms with E-state index in [9.17, 15) is 4.79 Å². The first-order chi connectivity index (χ1) is 14.3. The smallest absolute Gasteiger partial charge is 0.368 e. The summed E-state index contributed by atoms with van der Waals surface area (Å²) in [6.07, 6.45) is 0. The second-order valence-corrected chi connectivity index (χ2v) is 7.52. The molecule has 0 unspecified atom stereocenters. The summed E-state index contributed by atoms with van der Waals surface area (Å²) < 4.78 is 10.3. The topological polar surface area (TPSA) is 79.8 Å². The van der Waals surface area contributed by atoms with Crippen molar-refractivity contribution in [2.24, 2.45) is 7.05 Å². The van der Waals surface area contributed by atoms with Gasteiger partial charge in [0, 0.05) is 23.3 Å². The number of benzene rings is 2. The average Bonchev–Trinajstić information content (AvgIpc) is 3.22. The Hall–Kier alpha value is -3.39. The largest absolute Gasteiger partial charge is 0.488 e. The molecule has 0 fully saturated rings. The highest BCUT2D eigenvalue weighted by molar-refractivity contribution is 6.31. The van der Waals surface area contributed by atoms with E-state index in [1.54, 1.807) is 25.2 Å². The zero-order valence-electron chi connectivity index (χ0n) is 17.1. The molecule has 0 atom stereocenters. The van der Waals surface area contributed by atoms with Crippen LogP contribution < -0.4 is 10.4 Å². The van der Waals surface area contributed by atoms with Crippen LogP contribution in [-0.2, 0) is 13.7 Å². The van der Waals surface area contributed by atoms with Gasteiger partial charge < -0.3 is 4.74 Å². The maximum atomic E-state index is 12.3. The van der Waals surface area contributed by atoms with E-state index in [0.29, 0.717) is 16.3 Å². The van der Waals surface area contributed by atoms with Crippen LogP contribution in [0.15, 0.2) is 47.3 Å². The van der Waals surface area contributed by atoms with Gasteiger partial charge in [-0.2, -0.15) is 14.5 Å². The molecule has 9 heteroatoms. The summed E-state index contributed by atoms with van der Waals surface area (Å²) in [6, 6.07) is 13.2. The Morgan fingerprint density at radius 3 is 2.47 bits per heavy atom. The summed E-state index contributed by atoms with van der Waals surface area (Å²) in [4.78, 5) is 12.3. The summed E-state index contributed by atoms with van der Waals surface area (Å²) in [6.45, 7) is 6.15. The van der Waals surface area contributed by atoms with E-state index in [1.165, 1.54) is 4.68 Å². The molecule has 0 N–H and O–H groups in total. The normalized spacial score (nSPS) is 11.1. The maximum Gasteiger partial charge on any atom is 0.368 e. The molecule has 0 saturated carbocycles. The van der Waals surface area contributed by atoms with Crippen molar-refractivity contribution < 1.29 is 4.74 Å². The minimum atomic E-state index is -0.357. The number of hydrogen-bond acceptors (Lipinski definition) is 5. The predicted molar refractivity (Wildman–Crippen MR) is 114 cm³/mol. The molecule has 2 aromatic heterocycles. The predicted octanol–water partition coefficient (Wildman–Crippen LogP) is 3.31. The van der Waals surface area contributed by atoms with Gasteiger partial charge in [-0.25, -0.2) is 9.48 Å². The zero-order chi connectivity index (χ0) is 21.4. The second-order valence-electron chi connectivity index (χ2n) is 7.11. The van der Waals surface area contributed by atoms with Crippen LogP contribution in [0, 0.1) is 20.8 Å². The number of aryl methyl sites for hydroxylation is 4. The van der Waals surface area contributed by atoms with Gasteiger partial charge in [-0.3, -0.25) is 0 Å². The third kappa shape index (κ3) is 3.61. The number of ether oxygens (including phenoxy) is 1. The molecule has 154 valence electrons. The van der Waals surface area contributed by atoms with Crippen molar-refractivity contribution >= 4 is 11.6 Å². The Kier molecular flexibility index (Phi) is 5.17. The van der Waals surface area contributed by atoms with Crippen LogP contribution >= 0.6 is 11.6 Å². The van der Waals surface area contributed by atoms with E-state index in [1.807, 2.05) is 49.7 Å². The molecule has 0 aliphatic carbocycles. The third-order valence-electron chi connectivity index (χ3n) is 4.83. The van der Waals surface area contributed by atoms with Crippen LogP contribution in [0.25, 0.3) is 11.4 Å². The van der Waals surface area contributed by atoms with Crippen molar-refractivity contribution in [2.75, 3.05) is 0 Å². The Balaban J connectivity index is 1.62. The molecule has 0 amide bonds. The van der Waals surface area contributed by atoms with Gasteiger partial charge in [0.15, 0.2) is 0 Å². The quantitative estimate of drug-likeness (QED) is 0.491. The molecule has 0 radical (unpaired) electrons. The van der Waals surface area contributed by atoms with Crippen molar-refractivity contribution in [3.63, 3.8) is 0 Å². The molecule has 30 heavy (non-hydrogen) atoms. The lowest BCUT2D eigenvalue weighted by Crippen LogP contribution is -2.23. The Morgan fingerprint density at radius 2 is 1.83 bits per heavy atom. The lowest BCUT2D eigenvalue weighted by molar-refractivity contribution is 0.303. The van der Waals surface area contributed by atoms with Gasteiger partial charge in [-0.15, -0.1) is 0 Å². The van der Waals surface area contributed by atoms with E-state index in [4.69, 9.17) is 16.3 Å². The fourth-order valence-electron chi connectivity index (χ4n) is 3.32. The second kappa shape index (κ2) is 7.79. The van der Waals surface area contributed by atoms with E-state index in [-0.39, 0.29) is 12.3 Å². The number of tetrazole rings is 1. The van der Waals surface area contributed by atoms with Crippen molar-refractivity contribution in [2.45, 2.75) is 27.4 Å². The Labute approximate surface area is 178 Å². The Bertz CT molecular complexity index is 1290. The molecule has 2 heterocycles. The minimum absolute atomic E-state index is 0.179. The highest BCUT2D eigenvalue weighted by atomic mass is 35.5. The van der Waals surface area contributed by atoms with Crippen LogP contribution in [0.1, 0.15) is 22.5 Å². The average molecular weight is 425 g/mol. The Morgan fingerprint density at radius 1 is 1.03 bits per heavy atom. The fourth-order valence-corrected chi connectivity index (χ4v) is 3.54. The number of nitrogens with zero attached hydrogens (tertiary/aromatic N) is 6. The van der Waals surface area contributed by atoms with Gasteiger partial charge in [0.25, 0.3) is 0 Å². The summed E-state index contributed by atoms with van der Waals surface area (Å²) in [5.41, 5.74) is 4.80. The minimum Gasteiger partial charge on any atom is -0.488 e. The van der Waals surface area contributed by atoms with Crippen molar-refractivity contribution in [3.8, 4) is 17.1 Å². The van der Waals surface area contributed by atoms with Crippen LogP contribution in [0.4, 0.5) is 0 Å². The first-order valence-corrected chi connectivity index (χ1v) is 9.77. The molecule has 0 saturated heterocycles. The molecule has 0 aliphatic heterocycles. The van der Waals surface area contributed by atoms with Gasteiger partial charge in [-0.05, 0) is 73.2 Å². The highest BCUT2D eigenvalue weighted by Crippen LogP contribution is 2.27. The zero-order valence-corrected chi connectivity index (χ0v) is 17.9. The fraction of sp³-hybridized carbons (Fsp3) is 0.238. The van der Waals surface area contributed by atoms with Crippen LogP contribution in [0.5, 0.6) is 5.75 Å². The SMILES string of the molecule is Cc1cc(C)n(-c2ccc(OCc3c(Cl)cccc3-n3nnn(C)c3=O)c(C)c2)n1. The molecule has 2 aromatic carbocycles. The summed E-state index contributed by atoms with van der Waals surface area (Å²) in [5, 5.41) is 12.7. The van der Waals surface area contributed by atoms with Gasteiger partial charge in [0.1, 0.15) is 12.4 Å². The van der Waals surface area contributed by atoms with E-state index >= 15 is 0 Å². The van der Waals surface area contributed by atoms with E-state index in [2.05, 4.69) is 15.5 Å². The van der Waals surface area contributed by atoms with Gasteiger partial charge >= 0.3 is 5.69 Å². The molecular weight excluding hydrogens is 404 g/mol. The molecule has 8 nitrogen and oxygen atoms in total. The number of halogens is 1. The monoisotopic (exact) mass is 424 g/mol. The van der Waals surface area contributed by atoms with Crippen molar-refractivity contribution in [1.29, 1.82) is 0 Å². The highest BCUT2D eigenvalue weighted by Gasteiger charge is 2.15. The number of rotatable bonds is 5. The number of hydrogen-bond donors (Lipinski definition) is 0. The van der Waals surface area contributed by atoms with Crippen LogP contribution in [-0.4, -0.2) is 29.6 Å². The van der Waals surface area contributed by atoms with Gasteiger partial charge in [0.2, 0.25) is 0 Å². The molecule has 0 bridgehead atoms. The summed E-state index contributed by atoms with van der Waals surface area (Å²) in [7, 11) is 1.54. The maximum absolute atomic E-state index is 12.3. The lowest BCUT2D eigenvalue weighted by Gasteiger charge is -2.14. The lowest BCUT2D eigenvalue weighted by atomic mass is 10.1. The summed E-state index contributed by atoms with van der Waals surface area (Å²) >= 11 is 6.41. The van der Waals surface area contributed by atoms with E-state index < -0.39 is 0 Å². The first kappa shape index (κ1) is 19.9. The van der Waals surface area contributed by atoms with E-state index in [0.717, 1.165) is 33.1 Å². The van der Waals surface area contributed by atoms with Crippen molar-refractivity contribution in [3.05, 3.63) is 80.5 Å². The van der Waals surface area contributed by atoms with Gasteiger partial charge in [-0.1, -0.05) is 17.7 Å². The molecule has 0 aliphatic rings. The molecule has 4 aromatic rings. The van der Waals surface area contributed by atoms with Crippen molar-refractivity contribution in [1.82, 2.24) is 29.6 Å².